The van der Waals surface area contributed by atoms with Crippen LogP contribution in [0.2, 0.25) is 0 Å². The van der Waals surface area contributed by atoms with Gasteiger partial charge in [-0.2, -0.15) is 0 Å². The van der Waals surface area contributed by atoms with Crippen molar-refractivity contribution in [2.24, 2.45) is 0 Å². The van der Waals surface area contributed by atoms with Gasteiger partial charge >= 0.3 is 5.69 Å². The molecule has 0 atom stereocenters. The van der Waals surface area contributed by atoms with Crippen LogP contribution >= 0.6 is 0 Å². The summed E-state index contributed by atoms with van der Waals surface area (Å²) in [6.07, 6.45) is 0. The van der Waals surface area contributed by atoms with Gasteiger partial charge in [0, 0.05) is 51.0 Å². The lowest BCUT2D eigenvalue weighted by Gasteiger charge is -2.32. The molecule has 0 aromatic heterocycles. The van der Waals surface area contributed by atoms with E-state index in [9.17, 15) is 14.9 Å². The van der Waals surface area contributed by atoms with Crippen molar-refractivity contribution in [1.29, 1.82) is 0 Å². The van der Waals surface area contributed by atoms with E-state index in [1.165, 1.54) is 24.1 Å². The summed E-state index contributed by atoms with van der Waals surface area (Å²) in [5, 5.41) is 10.9. The number of likely N-dealkylation sites (N-methyl/N-ethyl adjacent to an activating group) is 2. The Hall–Kier alpha value is -2.19. The molecule has 23 heavy (non-hydrogen) atoms. The summed E-state index contributed by atoms with van der Waals surface area (Å²) in [5.74, 6) is 0.0946. The van der Waals surface area contributed by atoms with Crippen molar-refractivity contribution in [3.63, 3.8) is 0 Å². The summed E-state index contributed by atoms with van der Waals surface area (Å²) >= 11 is 0. The molecular formula is C15H22N4O4. The Kier molecular flexibility index (Phi) is 5.51. The second kappa shape index (κ2) is 7.38. The lowest BCUT2D eigenvalue weighted by Crippen LogP contribution is -2.48. The number of ether oxygens (including phenoxy) is 1. The molecule has 0 radical (unpaired) electrons. The monoisotopic (exact) mass is 322 g/mol. The first-order valence-electron chi connectivity index (χ1n) is 7.42. The van der Waals surface area contributed by atoms with Gasteiger partial charge in [0.1, 0.15) is 0 Å². The van der Waals surface area contributed by atoms with Crippen molar-refractivity contribution in [2.45, 2.75) is 0 Å². The molecular weight excluding hydrogens is 300 g/mol. The number of nitrogens with zero attached hydrogens (tertiary/aromatic N) is 4. The Morgan fingerprint density at radius 3 is 2.57 bits per heavy atom. The van der Waals surface area contributed by atoms with Gasteiger partial charge in [0.25, 0.3) is 0 Å². The van der Waals surface area contributed by atoms with Gasteiger partial charge < -0.3 is 14.5 Å². The van der Waals surface area contributed by atoms with Crippen LogP contribution < -0.4 is 9.64 Å². The minimum Gasteiger partial charge on any atom is -0.490 e. The van der Waals surface area contributed by atoms with Crippen LogP contribution in [0.25, 0.3) is 0 Å². The third-order valence-corrected chi connectivity index (χ3v) is 4.08. The number of carbonyl (C=O) groups excluding carboxylic acids is 1. The molecule has 8 heteroatoms. The van der Waals surface area contributed by atoms with Crippen LogP contribution in [0, 0.1) is 10.1 Å². The minimum absolute atomic E-state index is 0.0505. The third kappa shape index (κ3) is 4.17. The molecule has 1 fully saturated rings. The fourth-order valence-corrected chi connectivity index (χ4v) is 2.47. The summed E-state index contributed by atoms with van der Waals surface area (Å²) in [7, 11) is 5.10. The number of hydrogen-bond acceptors (Lipinski definition) is 6. The number of anilines is 1. The molecule has 8 nitrogen and oxygen atoms in total. The van der Waals surface area contributed by atoms with E-state index in [-0.39, 0.29) is 17.3 Å². The van der Waals surface area contributed by atoms with E-state index >= 15 is 0 Å². The minimum atomic E-state index is -0.505. The van der Waals surface area contributed by atoms with E-state index in [2.05, 4.69) is 16.8 Å². The Morgan fingerprint density at radius 2 is 2.00 bits per heavy atom. The van der Waals surface area contributed by atoms with Crippen molar-refractivity contribution in [3.05, 3.63) is 28.3 Å². The van der Waals surface area contributed by atoms with Gasteiger partial charge in [-0.05, 0) is 13.1 Å². The molecule has 1 amide bonds. The second-order valence-corrected chi connectivity index (χ2v) is 5.65. The van der Waals surface area contributed by atoms with Crippen molar-refractivity contribution in [3.8, 4) is 5.75 Å². The van der Waals surface area contributed by atoms with E-state index in [4.69, 9.17) is 4.74 Å². The summed E-state index contributed by atoms with van der Waals surface area (Å²) in [6, 6.07) is 4.43. The van der Waals surface area contributed by atoms with Gasteiger partial charge in [-0.1, -0.05) is 0 Å². The van der Waals surface area contributed by atoms with E-state index in [0.717, 1.165) is 26.2 Å². The molecule has 1 aliphatic rings. The normalized spacial score (nSPS) is 16.1. The zero-order valence-electron chi connectivity index (χ0n) is 13.7. The van der Waals surface area contributed by atoms with Crippen LogP contribution in [-0.4, -0.2) is 74.6 Å². The van der Waals surface area contributed by atoms with Crippen LogP contribution in [0.1, 0.15) is 0 Å². The largest absolute Gasteiger partial charge is 0.490 e. The van der Waals surface area contributed by atoms with E-state index in [1.807, 2.05) is 0 Å². The van der Waals surface area contributed by atoms with Crippen molar-refractivity contribution in [1.82, 2.24) is 9.80 Å². The number of nitro benzene ring substituents is 1. The van der Waals surface area contributed by atoms with Gasteiger partial charge in [0.15, 0.2) is 5.75 Å². The number of amides is 1. The third-order valence-electron chi connectivity index (χ3n) is 4.08. The lowest BCUT2D eigenvalue weighted by atomic mass is 10.2. The predicted octanol–water partition coefficient (Wildman–Crippen LogP) is 0.814. The highest BCUT2D eigenvalue weighted by atomic mass is 16.6. The summed E-state index contributed by atoms with van der Waals surface area (Å²) in [4.78, 5) is 28.7. The fraction of sp³-hybridized carbons (Fsp3) is 0.533. The molecule has 1 aliphatic heterocycles. The zero-order valence-corrected chi connectivity index (χ0v) is 13.7. The Morgan fingerprint density at radius 1 is 1.35 bits per heavy atom. The first kappa shape index (κ1) is 17.2. The average Bonchev–Trinajstić information content (AvgIpc) is 2.55. The standard InChI is InChI=1S/C15H22N4O4/c1-16-6-8-18(9-7-16)11-15(20)17(2)12-4-5-13(19(21)22)14(10-12)23-3/h4-5,10H,6-9,11H2,1-3H3. The Bertz CT molecular complexity index is 585. The first-order chi connectivity index (χ1) is 10.9. The van der Waals surface area contributed by atoms with E-state index < -0.39 is 4.92 Å². The van der Waals surface area contributed by atoms with Crippen LogP contribution in [0.3, 0.4) is 0 Å². The SMILES string of the molecule is COc1cc(N(C)C(=O)CN2CCN(C)CC2)ccc1[N+](=O)[O-]. The quantitative estimate of drug-likeness (QED) is 0.590. The topological polar surface area (TPSA) is 79.2 Å². The zero-order chi connectivity index (χ0) is 17.0. The Balaban J connectivity index is 2.05. The number of methoxy groups -OCH3 is 1. The highest BCUT2D eigenvalue weighted by Gasteiger charge is 2.21. The number of benzene rings is 1. The number of nitro groups is 1. The van der Waals surface area contributed by atoms with Gasteiger partial charge in [-0.15, -0.1) is 0 Å². The highest BCUT2D eigenvalue weighted by molar-refractivity contribution is 5.94. The summed E-state index contributed by atoms with van der Waals surface area (Å²) in [5.41, 5.74) is 0.461. The lowest BCUT2D eigenvalue weighted by molar-refractivity contribution is -0.385. The number of piperazine rings is 1. The molecule has 126 valence electrons. The van der Waals surface area contributed by atoms with Crippen LogP contribution in [-0.2, 0) is 4.79 Å². The molecule has 1 heterocycles. The van der Waals surface area contributed by atoms with E-state index in [1.54, 1.807) is 13.1 Å². The molecule has 0 N–H and O–H groups in total. The maximum atomic E-state index is 12.4. The van der Waals surface area contributed by atoms with Crippen molar-refractivity contribution in [2.75, 3.05) is 58.8 Å². The predicted molar refractivity (Wildman–Crippen MR) is 87.0 cm³/mol. The van der Waals surface area contributed by atoms with Crippen molar-refractivity contribution < 1.29 is 14.5 Å². The van der Waals surface area contributed by atoms with Crippen LogP contribution in [0.5, 0.6) is 5.75 Å². The summed E-state index contributed by atoms with van der Waals surface area (Å²) < 4.78 is 5.04. The second-order valence-electron chi connectivity index (χ2n) is 5.65. The molecule has 1 saturated heterocycles. The maximum absolute atomic E-state index is 12.4. The number of rotatable bonds is 5. The highest BCUT2D eigenvalue weighted by Crippen LogP contribution is 2.31. The van der Waals surface area contributed by atoms with Gasteiger partial charge in [-0.3, -0.25) is 19.8 Å². The molecule has 1 aromatic carbocycles. The molecule has 0 unspecified atom stereocenters. The molecule has 0 aliphatic carbocycles. The Labute approximate surface area is 135 Å². The van der Waals surface area contributed by atoms with Crippen molar-refractivity contribution >= 4 is 17.3 Å². The molecule has 2 rings (SSSR count). The van der Waals surface area contributed by atoms with Crippen LogP contribution in [0.4, 0.5) is 11.4 Å². The number of hydrogen-bond donors (Lipinski definition) is 0. The smallest absolute Gasteiger partial charge is 0.311 e. The summed E-state index contributed by atoms with van der Waals surface area (Å²) in [6.45, 7) is 3.95. The molecule has 0 bridgehead atoms. The average molecular weight is 322 g/mol. The van der Waals surface area contributed by atoms with Gasteiger partial charge in [0.2, 0.25) is 5.91 Å². The van der Waals surface area contributed by atoms with E-state index in [0.29, 0.717) is 12.2 Å². The van der Waals surface area contributed by atoms with Gasteiger partial charge in [-0.25, -0.2) is 0 Å². The maximum Gasteiger partial charge on any atom is 0.311 e. The number of carbonyl (C=O) groups is 1. The molecule has 0 saturated carbocycles. The van der Waals surface area contributed by atoms with Gasteiger partial charge in [0.05, 0.1) is 18.6 Å². The first-order valence-corrected chi connectivity index (χ1v) is 7.42. The molecule has 1 aromatic rings. The van der Waals surface area contributed by atoms with Crippen LogP contribution in [0.15, 0.2) is 18.2 Å². The molecule has 0 spiro atoms. The fourth-order valence-electron chi connectivity index (χ4n) is 2.47.